The van der Waals surface area contributed by atoms with Crippen LogP contribution in [0, 0.1) is 23.0 Å². The lowest BCUT2D eigenvalue weighted by molar-refractivity contribution is -0.139. The van der Waals surface area contributed by atoms with Crippen molar-refractivity contribution in [2.45, 2.75) is 25.8 Å². The molecular formula is C27H16F8N2O3. The van der Waals surface area contributed by atoms with Crippen molar-refractivity contribution in [2.75, 3.05) is 6.61 Å². The van der Waals surface area contributed by atoms with Gasteiger partial charge >= 0.3 is 12.4 Å². The minimum atomic E-state index is -5.15. The number of aromatic nitrogens is 1. The maximum absolute atomic E-state index is 14.4. The molecule has 2 aromatic heterocycles. The molecule has 0 saturated carbocycles. The van der Waals surface area contributed by atoms with Crippen LogP contribution in [0.15, 0.2) is 64.0 Å². The van der Waals surface area contributed by atoms with Crippen LogP contribution in [0.1, 0.15) is 29.2 Å². The Labute approximate surface area is 220 Å². The molecule has 0 amide bonds. The number of furan rings is 1. The zero-order chi connectivity index (χ0) is 29.4. The van der Waals surface area contributed by atoms with Crippen LogP contribution in [0.5, 0.6) is 5.75 Å². The molecule has 0 unspecified atom stereocenters. The van der Waals surface area contributed by atoms with E-state index in [1.165, 1.54) is 19.1 Å². The zero-order valence-corrected chi connectivity index (χ0v) is 20.3. The summed E-state index contributed by atoms with van der Waals surface area (Å²) in [5.74, 6) is -2.87. The standard InChI is InChI=1S/C27H16F8N2O3/c1-2-39-23-6-4-14(7-20(23)27(33,34)35)16-8-24(40-13-16)22-10-19(26(30,31)32)18(11-36)25(38)37(22)12-15-3-5-17(28)9-21(15)29/h3-10,13H,2,12H2,1H3. The van der Waals surface area contributed by atoms with E-state index in [0.29, 0.717) is 16.7 Å². The molecule has 2 heterocycles. The minimum absolute atomic E-state index is 0.00780. The molecule has 2 aromatic carbocycles. The van der Waals surface area contributed by atoms with Gasteiger partial charge in [-0.15, -0.1) is 0 Å². The molecule has 0 spiro atoms. The van der Waals surface area contributed by atoms with E-state index in [1.807, 2.05) is 0 Å². The van der Waals surface area contributed by atoms with E-state index in [2.05, 4.69) is 0 Å². The first kappa shape index (κ1) is 28.4. The average molecular weight is 568 g/mol. The van der Waals surface area contributed by atoms with E-state index in [4.69, 9.17) is 9.15 Å². The van der Waals surface area contributed by atoms with Crippen LogP contribution in [0.25, 0.3) is 22.6 Å². The highest BCUT2D eigenvalue weighted by Crippen LogP contribution is 2.40. The van der Waals surface area contributed by atoms with Crippen molar-refractivity contribution in [2.24, 2.45) is 0 Å². The van der Waals surface area contributed by atoms with E-state index >= 15 is 0 Å². The molecule has 0 aliphatic rings. The highest BCUT2D eigenvalue weighted by Gasteiger charge is 2.37. The van der Waals surface area contributed by atoms with Gasteiger partial charge in [-0.3, -0.25) is 9.36 Å². The second-order valence-corrected chi connectivity index (χ2v) is 8.40. The topological polar surface area (TPSA) is 68.2 Å². The summed E-state index contributed by atoms with van der Waals surface area (Å²) >= 11 is 0. The summed E-state index contributed by atoms with van der Waals surface area (Å²) in [6.45, 7) is 0.746. The van der Waals surface area contributed by atoms with Gasteiger partial charge in [0, 0.05) is 17.2 Å². The predicted molar refractivity (Wildman–Crippen MR) is 125 cm³/mol. The number of nitriles is 1. The monoisotopic (exact) mass is 568 g/mol. The lowest BCUT2D eigenvalue weighted by atomic mass is 10.0. The van der Waals surface area contributed by atoms with Gasteiger partial charge < -0.3 is 9.15 Å². The molecule has 0 aliphatic carbocycles. The molecule has 208 valence electrons. The van der Waals surface area contributed by atoms with Crippen LogP contribution < -0.4 is 10.3 Å². The molecule has 0 bridgehead atoms. The fraction of sp³-hybridized carbons (Fsp3) is 0.185. The average Bonchev–Trinajstić information content (AvgIpc) is 3.35. The number of ether oxygens (including phenoxy) is 1. The van der Waals surface area contributed by atoms with Gasteiger partial charge in [-0.25, -0.2) is 8.78 Å². The van der Waals surface area contributed by atoms with Crippen LogP contribution >= 0.6 is 0 Å². The quantitative estimate of drug-likeness (QED) is 0.227. The first-order valence-electron chi connectivity index (χ1n) is 11.4. The maximum atomic E-state index is 14.4. The first-order chi connectivity index (χ1) is 18.7. The van der Waals surface area contributed by atoms with E-state index in [0.717, 1.165) is 36.6 Å². The highest BCUT2D eigenvalue weighted by molar-refractivity contribution is 5.71. The summed E-state index contributed by atoms with van der Waals surface area (Å²) in [5, 5.41) is 9.30. The second kappa shape index (κ2) is 10.5. The molecule has 0 saturated heterocycles. The van der Waals surface area contributed by atoms with Crippen molar-refractivity contribution >= 4 is 0 Å². The van der Waals surface area contributed by atoms with Gasteiger partial charge in [0.15, 0.2) is 5.76 Å². The SMILES string of the molecule is CCOc1ccc(-c2coc(-c3cc(C(F)(F)F)c(C#N)c(=O)n3Cc3ccc(F)cc3F)c2)cc1C(F)(F)F. The molecule has 13 heteroatoms. The van der Waals surface area contributed by atoms with Gasteiger partial charge in [-0.2, -0.15) is 31.6 Å². The normalized spacial score (nSPS) is 11.9. The Morgan fingerprint density at radius 2 is 1.62 bits per heavy atom. The van der Waals surface area contributed by atoms with Gasteiger partial charge in [-0.05, 0) is 42.8 Å². The fourth-order valence-corrected chi connectivity index (χ4v) is 3.99. The predicted octanol–water partition coefficient (Wildman–Crippen LogP) is 7.41. The molecule has 0 radical (unpaired) electrons. The Hall–Kier alpha value is -4.60. The van der Waals surface area contributed by atoms with Crippen LogP contribution in [-0.4, -0.2) is 11.2 Å². The number of alkyl halides is 6. The Kier molecular flexibility index (Phi) is 7.47. The van der Waals surface area contributed by atoms with Crippen molar-refractivity contribution in [3.05, 3.63) is 99.0 Å². The number of pyridine rings is 1. The molecule has 4 aromatic rings. The summed E-state index contributed by atoms with van der Waals surface area (Å²) in [4.78, 5) is 13.0. The van der Waals surface area contributed by atoms with Crippen LogP contribution in [0.3, 0.4) is 0 Å². The van der Waals surface area contributed by atoms with Crippen LogP contribution in [-0.2, 0) is 18.9 Å². The third-order valence-electron chi connectivity index (χ3n) is 5.83. The summed E-state index contributed by atoms with van der Waals surface area (Å²) in [6.07, 6.45) is -8.98. The van der Waals surface area contributed by atoms with E-state index in [9.17, 15) is 45.2 Å². The smallest absolute Gasteiger partial charge is 0.419 e. The Balaban J connectivity index is 1.91. The van der Waals surface area contributed by atoms with Crippen molar-refractivity contribution in [3.8, 4) is 34.4 Å². The molecule has 0 aliphatic heterocycles. The lowest BCUT2D eigenvalue weighted by Crippen LogP contribution is -2.29. The van der Waals surface area contributed by atoms with Crippen LogP contribution in [0.4, 0.5) is 35.1 Å². The zero-order valence-electron chi connectivity index (χ0n) is 20.3. The third kappa shape index (κ3) is 5.56. The van der Waals surface area contributed by atoms with Gasteiger partial charge in [0.2, 0.25) is 0 Å². The van der Waals surface area contributed by atoms with Gasteiger partial charge in [0.05, 0.1) is 36.2 Å². The molecule has 0 atom stereocenters. The largest absolute Gasteiger partial charge is 0.493 e. The lowest BCUT2D eigenvalue weighted by Gasteiger charge is -2.16. The number of halogens is 8. The van der Waals surface area contributed by atoms with E-state index < -0.39 is 70.0 Å². The van der Waals surface area contributed by atoms with E-state index in [1.54, 1.807) is 0 Å². The molecular weight excluding hydrogens is 552 g/mol. The van der Waals surface area contributed by atoms with Crippen molar-refractivity contribution < 1.29 is 44.3 Å². The highest BCUT2D eigenvalue weighted by atomic mass is 19.4. The minimum Gasteiger partial charge on any atom is -0.493 e. The van der Waals surface area contributed by atoms with Crippen LogP contribution in [0.2, 0.25) is 0 Å². The third-order valence-corrected chi connectivity index (χ3v) is 5.83. The number of hydrogen-bond acceptors (Lipinski definition) is 4. The van der Waals surface area contributed by atoms with Gasteiger partial charge in [0.25, 0.3) is 5.56 Å². The number of hydrogen-bond donors (Lipinski definition) is 0. The van der Waals surface area contributed by atoms with Crippen molar-refractivity contribution in [3.63, 3.8) is 0 Å². The number of benzene rings is 2. The maximum Gasteiger partial charge on any atom is 0.419 e. The summed E-state index contributed by atoms with van der Waals surface area (Å²) in [7, 11) is 0. The molecule has 40 heavy (non-hydrogen) atoms. The first-order valence-corrected chi connectivity index (χ1v) is 11.4. The van der Waals surface area contributed by atoms with Gasteiger partial charge in [-0.1, -0.05) is 12.1 Å². The molecule has 5 nitrogen and oxygen atoms in total. The number of nitrogens with zero attached hydrogens (tertiary/aromatic N) is 2. The summed E-state index contributed by atoms with van der Waals surface area (Å²) < 4.78 is 121. The van der Waals surface area contributed by atoms with Gasteiger partial charge in [0.1, 0.15) is 29.0 Å². The number of rotatable bonds is 6. The summed E-state index contributed by atoms with van der Waals surface area (Å²) in [5.41, 5.74) is -6.27. The Morgan fingerprint density at radius 3 is 2.23 bits per heavy atom. The summed E-state index contributed by atoms with van der Waals surface area (Å²) in [6, 6.07) is 8.20. The molecule has 0 N–H and O–H groups in total. The van der Waals surface area contributed by atoms with Crippen molar-refractivity contribution in [1.82, 2.24) is 4.57 Å². The Morgan fingerprint density at radius 1 is 0.925 bits per heavy atom. The second-order valence-electron chi connectivity index (χ2n) is 8.40. The molecule has 4 rings (SSSR count). The fourth-order valence-electron chi connectivity index (χ4n) is 3.99. The Bertz CT molecular complexity index is 1680. The van der Waals surface area contributed by atoms with E-state index in [-0.39, 0.29) is 23.3 Å². The van der Waals surface area contributed by atoms with Crippen molar-refractivity contribution in [1.29, 1.82) is 5.26 Å². The molecule has 0 fully saturated rings.